The SMILES string of the molecule is Cc1nc(-c2ccc(CCNC(=O)c3oc4ccccc4c3C)s2)cs1. The molecule has 0 aliphatic heterocycles. The Labute approximate surface area is 159 Å². The third-order valence-electron chi connectivity index (χ3n) is 4.24. The first-order chi connectivity index (χ1) is 12.6. The van der Waals surface area contributed by atoms with Crippen LogP contribution in [0.15, 0.2) is 46.2 Å². The van der Waals surface area contributed by atoms with Crippen LogP contribution in [0.2, 0.25) is 0 Å². The van der Waals surface area contributed by atoms with Gasteiger partial charge in [-0.05, 0) is 38.5 Å². The highest BCUT2D eigenvalue weighted by Crippen LogP contribution is 2.29. The maximum Gasteiger partial charge on any atom is 0.287 e. The number of fused-ring (bicyclic) bond motifs is 1. The summed E-state index contributed by atoms with van der Waals surface area (Å²) in [5.74, 6) is 0.238. The molecule has 0 atom stereocenters. The molecular formula is C20H18N2O2S2. The van der Waals surface area contributed by atoms with Crippen molar-refractivity contribution in [3.05, 3.63) is 63.0 Å². The number of hydrogen-bond donors (Lipinski definition) is 1. The van der Waals surface area contributed by atoms with Crippen molar-refractivity contribution in [3.8, 4) is 10.6 Å². The lowest BCUT2D eigenvalue weighted by molar-refractivity contribution is 0.0928. The molecule has 132 valence electrons. The molecule has 4 rings (SSSR count). The van der Waals surface area contributed by atoms with Gasteiger partial charge in [-0.1, -0.05) is 18.2 Å². The van der Waals surface area contributed by atoms with E-state index in [9.17, 15) is 4.79 Å². The Balaban J connectivity index is 1.39. The van der Waals surface area contributed by atoms with Crippen molar-refractivity contribution in [2.75, 3.05) is 6.54 Å². The minimum absolute atomic E-state index is 0.161. The molecule has 6 heteroatoms. The van der Waals surface area contributed by atoms with Crippen LogP contribution in [0.3, 0.4) is 0 Å². The van der Waals surface area contributed by atoms with E-state index in [-0.39, 0.29) is 5.91 Å². The minimum atomic E-state index is -0.161. The van der Waals surface area contributed by atoms with E-state index >= 15 is 0 Å². The first kappa shape index (κ1) is 17.0. The third-order valence-corrected chi connectivity index (χ3v) is 6.18. The quantitative estimate of drug-likeness (QED) is 0.516. The minimum Gasteiger partial charge on any atom is -0.451 e. The lowest BCUT2D eigenvalue weighted by atomic mass is 10.1. The zero-order chi connectivity index (χ0) is 18.1. The number of hydrogen-bond acceptors (Lipinski definition) is 5. The van der Waals surface area contributed by atoms with Gasteiger partial charge in [0.2, 0.25) is 0 Å². The highest BCUT2D eigenvalue weighted by atomic mass is 32.1. The monoisotopic (exact) mass is 382 g/mol. The topological polar surface area (TPSA) is 55.1 Å². The predicted molar refractivity (Wildman–Crippen MR) is 107 cm³/mol. The maximum atomic E-state index is 12.4. The van der Waals surface area contributed by atoms with Crippen LogP contribution in [0.25, 0.3) is 21.5 Å². The van der Waals surface area contributed by atoms with Crippen molar-refractivity contribution in [2.45, 2.75) is 20.3 Å². The van der Waals surface area contributed by atoms with Crippen LogP contribution in [-0.2, 0) is 6.42 Å². The Kier molecular flexibility index (Phi) is 4.61. The van der Waals surface area contributed by atoms with Gasteiger partial charge in [-0.15, -0.1) is 22.7 Å². The van der Waals surface area contributed by atoms with Gasteiger partial charge in [0.05, 0.1) is 15.6 Å². The summed E-state index contributed by atoms with van der Waals surface area (Å²) in [7, 11) is 0. The first-order valence-electron chi connectivity index (χ1n) is 8.39. The molecule has 4 nitrogen and oxygen atoms in total. The number of carbonyl (C=O) groups is 1. The number of para-hydroxylation sites is 1. The average Bonchev–Trinajstić information content (AvgIpc) is 3.35. The van der Waals surface area contributed by atoms with E-state index in [2.05, 4.69) is 27.8 Å². The molecule has 3 aromatic heterocycles. The molecule has 26 heavy (non-hydrogen) atoms. The largest absolute Gasteiger partial charge is 0.451 e. The van der Waals surface area contributed by atoms with Crippen LogP contribution in [0.5, 0.6) is 0 Å². The van der Waals surface area contributed by atoms with Crippen LogP contribution < -0.4 is 5.32 Å². The van der Waals surface area contributed by atoms with E-state index in [0.717, 1.165) is 33.7 Å². The summed E-state index contributed by atoms with van der Waals surface area (Å²) in [4.78, 5) is 19.4. The Hall–Kier alpha value is -2.44. The summed E-state index contributed by atoms with van der Waals surface area (Å²) < 4.78 is 5.71. The zero-order valence-corrected chi connectivity index (χ0v) is 16.2. The van der Waals surface area contributed by atoms with Crippen molar-refractivity contribution in [1.29, 1.82) is 0 Å². The number of nitrogens with zero attached hydrogens (tertiary/aromatic N) is 1. The fourth-order valence-electron chi connectivity index (χ4n) is 2.90. The molecular weight excluding hydrogens is 364 g/mol. The van der Waals surface area contributed by atoms with Gasteiger partial charge in [-0.3, -0.25) is 4.79 Å². The Morgan fingerprint density at radius 3 is 2.81 bits per heavy atom. The van der Waals surface area contributed by atoms with E-state index in [1.165, 1.54) is 9.75 Å². The molecule has 1 N–H and O–H groups in total. The van der Waals surface area contributed by atoms with Crippen LogP contribution >= 0.6 is 22.7 Å². The van der Waals surface area contributed by atoms with Crippen molar-refractivity contribution >= 4 is 39.5 Å². The number of furan rings is 1. The number of aromatic nitrogens is 1. The Morgan fingerprint density at radius 1 is 1.19 bits per heavy atom. The number of amides is 1. The molecule has 0 radical (unpaired) electrons. The molecule has 0 aliphatic rings. The molecule has 4 aromatic rings. The molecule has 0 saturated carbocycles. The summed E-state index contributed by atoms with van der Waals surface area (Å²) in [6.07, 6.45) is 0.790. The molecule has 1 aromatic carbocycles. The normalized spacial score (nSPS) is 11.2. The maximum absolute atomic E-state index is 12.4. The van der Waals surface area contributed by atoms with Gasteiger partial charge in [-0.25, -0.2) is 4.98 Å². The summed E-state index contributed by atoms with van der Waals surface area (Å²) in [6.45, 7) is 4.51. The Bertz CT molecular complexity index is 1070. The summed E-state index contributed by atoms with van der Waals surface area (Å²) in [5.41, 5.74) is 2.66. The fraction of sp³-hybridized carbons (Fsp3) is 0.200. The molecule has 0 bridgehead atoms. The number of carbonyl (C=O) groups excluding carboxylic acids is 1. The standard InChI is InChI=1S/C20H18N2O2S2/c1-12-15-5-3-4-6-17(15)24-19(12)20(23)21-10-9-14-7-8-18(26-14)16-11-25-13(2)22-16/h3-8,11H,9-10H2,1-2H3,(H,21,23). The number of thiophene rings is 1. The average molecular weight is 383 g/mol. The second kappa shape index (κ2) is 7.05. The van der Waals surface area contributed by atoms with Gasteiger partial charge in [0.25, 0.3) is 5.91 Å². The summed E-state index contributed by atoms with van der Waals surface area (Å²) >= 11 is 3.38. The predicted octanol–water partition coefficient (Wildman–Crippen LogP) is 5.21. The van der Waals surface area contributed by atoms with Crippen molar-refractivity contribution < 1.29 is 9.21 Å². The highest BCUT2D eigenvalue weighted by molar-refractivity contribution is 7.16. The second-order valence-electron chi connectivity index (χ2n) is 6.08. The van der Waals surface area contributed by atoms with Crippen LogP contribution in [0, 0.1) is 13.8 Å². The van der Waals surface area contributed by atoms with E-state index in [1.807, 2.05) is 38.1 Å². The molecule has 3 heterocycles. The lowest BCUT2D eigenvalue weighted by Crippen LogP contribution is -2.25. The zero-order valence-electron chi connectivity index (χ0n) is 14.5. The van der Waals surface area contributed by atoms with Gasteiger partial charge in [-0.2, -0.15) is 0 Å². The van der Waals surface area contributed by atoms with E-state index in [0.29, 0.717) is 12.3 Å². The van der Waals surface area contributed by atoms with Gasteiger partial charge in [0, 0.05) is 27.8 Å². The molecule has 0 saturated heterocycles. The summed E-state index contributed by atoms with van der Waals surface area (Å²) in [5, 5.41) is 7.10. The van der Waals surface area contributed by atoms with Gasteiger partial charge < -0.3 is 9.73 Å². The van der Waals surface area contributed by atoms with Gasteiger partial charge in [0.1, 0.15) is 5.58 Å². The highest BCUT2D eigenvalue weighted by Gasteiger charge is 2.17. The van der Waals surface area contributed by atoms with Crippen molar-refractivity contribution in [3.63, 3.8) is 0 Å². The van der Waals surface area contributed by atoms with E-state index in [1.54, 1.807) is 22.7 Å². The van der Waals surface area contributed by atoms with Crippen LogP contribution in [0.1, 0.15) is 26.0 Å². The Morgan fingerprint density at radius 2 is 2.04 bits per heavy atom. The lowest BCUT2D eigenvalue weighted by Gasteiger charge is -2.02. The molecule has 0 unspecified atom stereocenters. The second-order valence-corrected chi connectivity index (χ2v) is 8.31. The molecule has 0 fully saturated rings. The van der Waals surface area contributed by atoms with Crippen LogP contribution in [0.4, 0.5) is 0 Å². The third kappa shape index (κ3) is 3.30. The van der Waals surface area contributed by atoms with E-state index < -0.39 is 0 Å². The van der Waals surface area contributed by atoms with Crippen molar-refractivity contribution in [2.24, 2.45) is 0 Å². The van der Waals surface area contributed by atoms with Gasteiger partial charge in [0.15, 0.2) is 5.76 Å². The molecule has 0 aliphatic carbocycles. The first-order valence-corrected chi connectivity index (χ1v) is 10.1. The van der Waals surface area contributed by atoms with Crippen LogP contribution in [-0.4, -0.2) is 17.4 Å². The van der Waals surface area contributed by atoms with Crippen molar-refractivity contribution in [1.82, 2.24) is 10.3 Å². The smallest absolute Gasteiger partial charge is 0.287 e. The fourth-order valence-corrected chi connectivity index (χ4v) is 4.55. The number of benzene rings is 1. The van der Waals surface area contributed by atoms with E-state index in [4.69, 9.17) is 4.42 Å². The molecule has 0 spiro atoms. The number of rotatable bonds is 5. The number of aryl methyl sites for hydroxylation is 2. The number of nitrogens with one attached hydrogen (secondary N) is 1. The number of thiazole rings is 1. The molecule has 1 amide bonds. The van der Waals surface area contributed by atoms with Gasteiger partial charge >= 0.3 is 0 Å². The summed E-state index contributed by atoms with van der Waals surface area (Å²) in [6, 6.07) is 11.9.